The number of carbonyl (C=O) groups is 2. The molecule has 0 unspecified atom stereocenters. The summed E-state index contributed by atoms with van der Waals surface area (Å²) in [5.74, 6) is -0.320. The number of nitrogens with zero attached hydrogens (tertiary/aromatic N) is 1. The Bertz CT molecular complexity index is 1290. The Balaban J connectivity index is 1.65. The lowest BCUT2D eigenvalue weighted by atomic mass is 10.1. The largest absolute Gasteiger partial charge is 0.483 e. The molecule has 0 spiro atoms. The van der Waals surface area contributed by atoms with Gasteiger partial charge in [-0.1, -0.05) is 41.9 Å². The second-order valence-electron chi connectivity index (χ2n) is 7.17. The molecule has 0 saturated heterocycles. The number of hydrogen-bond donors (Lipinski definition) is 1. The number of pyridine rings is 1. The molecule has 1 N–H and O–H groups in total. The van der Waals surface area contributed by atoms with Crippen LogP contribution in [-0.4, -0.2) is 30.1 Å². The van der Waals surface area contributed by atoms with Gasteiger partial charge in [-0.3, -0.25) is 4.79 Å². The molecular formula is C26H21ClN2O4. The molecule has 0 aliphatic heterocycles. The summed E-state index contributed by atoms with van der Waals surface area (Å²) in [6.45, 7) is 1.80. The Kier molecular flexibility index (Phi) is 6.86. The van der Waals surface area contributed by atoms with Crippen LogP contribution in [0.1, 0.15) is 17.3 Å². The number of nitrogens with one attached hydrogen (secondary N) is 1. The molecule has 0 atom stereocenters. The summed E-state index contributed by atoms with van der Waals surface area (Å²) < 4.78 is 11.0. The highest BCUT2D eigenvalue weighted by molar-refractivity contribution is 6.30. The third kappa shape index (κ3) is 5.48. The highest BCUT2D eigenvalue weighted by atomic mass is 35.5. The van der Waals surface area contributed by atoms with Crippen molar-refractivity contribution in [1.29, 1.82) is 0 Å². The molecule has 33 heavy (non-hydrogen) atoms. The minimum atomic E-state index is -0.432. The monoisotopic (exact) mass is 460 g/mol. The molecule has 0 bridgehead atoms. The van der Waals surface area contributed by atoms with Crippen molar-refractivity contribution in [2.75, 3.05) is 18.5 Å². The third-order valence-corrected chi connectivity index (χ3v) is 5.09. The number of fused-ring (bicyclic) bond motifs is 1. The van der Waals surface area contributed by atoms with Gasteiger partial charge in [0.25, 0.3) is 5.91 Å². The van der Waals surface area contributed by atoms with E-state index in [0.29, 0.717) is 38.6 Å². The summed E-state index contributed by atoms with van der Waals surface area (Å²) in [7, 11) is 0. The van der Waals surface area contributed by atoms with E-state index in [0.717, 1.165) is 5.56 Å². The quantitative estimate of drug-likeness (QED) is 0.355. The summed E-state index contributed by atoms with van der Waals surface area (Å²) in [5.41, 5.74) is 3.23. The van der Waals surface area contributed by atoms with Crippen LogP contribution in [0.15, 0.2) is 78.9 Å². The van der Waals surface area contributed by atoms with Gasteiger partial charge < -0.3 is 14.8 Å². The van der Waals surface area contributed by atoms with Gasteiger partial charge in [-0.15, -0.1) is 0 Å². The fourth-order valence-electron chi connectivity index (χ4n) is 3.29. The lowest BCUT2D eigenvalue weighted by Gasteiger charge is -2.13. The number of aromatic nitrogens is 1. The van der Waals surface area contributed by atoms with Crippen LogP contribution in [0.25, 0.3) is 22.2 Å². The second-order valence-corrected chi connectivity index (χ2v) is 7.60. The number of ether oxygens (including phenoxy) is 2. The summed E-state index contributed by atoms with van der Waals surface area (Å²) in [6, 6.07) is 23.3. The molecule has 4 rings (SSSR count). The maximum Gasteiger partial charge on any atom is 0.338 e. The van der Waals surface area contributed by atoms with Crippen LogP contribution >= 0.6 is 11.6 Å². The number of anilines is 1. The van der Waals surface area contributed by atoms with Crippen molar-refractivity contribution in [2.45, 2.75) is 6.92 Å². The molecule has 4 aromatic rings. The maximum absolute atomic E-state index is 12.5. The van der Waals surface area contributed by atoms with Crippen LogP contribution in [-0.2, 0) is 9.53 Å². The van der Waals surface area contributed by atoms with Crippen LogP contribution in [0, 0.1) is 0 Å². The van der Waals surface area contributed by atoms with Crippen LogP contribution < -0.4 is 10.1 Å². The van der Waals surface area contributed by atoms with Crippen molar-refractivity contribution in [2.24, 2.45) is 0 Å². The van der Waals surface area contributed by atoms with E-state index < -0.39 is 5.97 Å². The molecule has 0 fully saturated rings. The standard InChI is InChI=1S/C26H21ClN2O4/c1-2-32-26(31)18-8-13-22-21(14-18)24(15-23(29-22)17-6-4-3-5-7-17)33-16-25(30)28-20-11-9-19(27)10-12-20/h3-15H,2,16H2,1H3,(H,28,30). The van der Waals surface area contributed by atoms with Gasteiger partial charge in [0.1, 0.15) is 5.75 Å². The van der Waals surface area contributed by atoms with Crippen LogP contribution in [0.4, 0.5) is 5.69 Å². The topological polar surface area (TPSA) is 77.5 Å². The van der Waals surface area contributed by atoms with E-state index in [2.05, 4.69) is 5.32 Å². The number of rotatable bonds is 7. The van der Waals surface area contributed by atoms with Gasteiger partial charge in [0.2, 0.25) is 0 Å². The number of amides is 1. The highest BCUT2D eigenvalue weighted by Crippen LogP contribution is 2.31. The fourth-order valence-corrected chi connectivity index (χ4v) is 3.41. The molecule has 1 aromatic heterocycles. The van der Waals surface area contributed by atoms with Gasteiger partial charge in [-0.05, 0) is 49.4 Å². The maximum atomic E-state index is 12.5. The first kappa shape index (κ1) is 22.3. The molecular weight excluding hydrogens is 440 g/mol. The average Bonchev–Trinajstić information content (AvgIpc) is 2.84. The first-order valence-corrected chi connectivity index (χ1v) is 10.8. The molecule has 166 valence electrons. The van der Waals surface area contributed by atoms with Crippen molar-refractivity contribution in [3.8, 4) is 17.0 Å². The molecule has 3 aromatic carbocycles. The SMILES string of the molecule is CCOC(=O)c1ccc2nc(-c3ccccc3)cc(OCC(=O)Nc3ccc(Cl)cc3)c2c1. The zero-order valence-electron chi connectivity index (χ0n) is 17.9. The molecule has 1 heterocycles. The second kappa shape index (κ2) is 10.1. The Labute approximate surface area is 196 Å². The van der Waals surface area contributed by atoms with E-state index in [4.69, 9.17) is 26.1 Å². The first-order valence-electron chi connectivity index (χ1n) is 10.4. The van der Waals surface area contributed by atoms with Gasteiger partial charge in [0, 0.05) is 27.7 Å². The molecule has 0 aliphatic rings. The summed E-state index contributed by atoms with van der Waals surface area (Å²) in [6.07, 6.45) is 0. The Hall–Kier alpha value is -3.90. The molecule has 7 heteroatoms. The molecule has 1 amide bonds. The van der Waals surface area contributed by atoms with E-state index in [1.165, 1.54) is 0 Å². The van der Waals surface area contributed by atoms with Gasteiger partial charge >= 0.3 is 5.97 Å². The van der Waals surface area contributed by atoms with Crippen LogP contribution in [0.5, 0.6) is 5.75 Å². The molecule has 0 saturated carbocycles. The van der Waals surface area contributed by atoms with E-state index in [1.807, 2.05) is 30.3 Å². The first-order chi connectivity index (χ1) is 16.0. The predicted molar refractivity (Wildman–Crippen MR) is 129 cm³/mol. The van der Waals surface area contributed by atoms with E-state index in [9.17, 15) is 9.59 Å². The Morgan fingerprint density at radius 2 is 1.73 bits per heavy atom. The number of carbonyl (C=O) groups excluding carboxylic acids is 2. The zero-order chi connectivity index (χ0) is 23.2. The Morgan fingerprint density at radius 1 is 0.970 bits per heavy atom. The summed E-state index contributed by atoms with van der Waals surface area (Å²) in [4.78, 5) is 29.4. The van der Waals surface area contributed by atoms with Crippen molar-refractivity contribution in [3.63, 3.8) is 0 Å². The molecule has 6 nitrogen and oxygen atoms in total. The lowest BCUT2D eigenvalue weighted by Crippen LogP contribution is -2.20. The molecule has 0 aliphatic carbocycles. The van der Waals surface area contributed by atoms with E-state index >= 15 is 0 Å². The van der Waals surface area contributed by atoms with E-state index in [-0.39, 0.29) is 19.1 Å². The van der Waals surface area contributed by atoms with Gasteiger partial charge in [0.05, 0.1) is 23.4 Å². The number of esters is 1. The fraction of sp³-hybridized carbons (Fsp3) is 0.115. The van der Waals surface area contributed by atoms with Crippen LogP contribution in [0.2, 0.25) is 5.02 Å². The van der Waals surface area contributed by atoms with Gasteiger partial charge in [0.15, 0.2) is 6.61 Å². The normalized spacial score (nSPS) is 10.6. The lowest BCUT2D eigenvalue weighted by molar-refractivity contribution is -0.118. The molecule has 0 radical (unpaired) electrons. The predicted octanol–water partition coefficient (Wildman–Crippen LogP) is 5.75. The van der Waals surface area contributed by atoms with E-state index in [1.54, 1.807) is 55.5 Å². The smallest absolute Gasteiger partial charge is 0.338 e. The number of benzene rings is 3. The number of halogens is 1. The highest BCUT2D eigenvalue weighted by Gasteiger charge is 2.14. The van der Waals surface area contributed by atoms with Crippen molar-refractivity contribution in [1.82, 2.24) is 4.98 Å². The van der Waals surface area contributed by atoms with Crippen molar-refractivity contribution in [3.05, 3.63) is 89.4 Å². The summed E-state index contributed by atoms with van der Waals surface area (Å²) >= 11 is 5.89. The zero-order valence-corrected chi connectivity index (χ0v) is 18.6. The minimum Gasteiger partial charge on any atom is -0.483 e. The number of hydrogen-bond acceptors (Lipinski definition) is 5. The Morgan fingerprint density at radius 3 is 2.45 bits per heavy atom. The third-order valence-electron chi connectivity index (χ3n) is 4.84. The average molecular weight is 461 g/mol. The summed E-state index contributed by atoms with van der Waals surface area (Å²) in [5, 5.41) is 3.96. The van der Waals surface area contributed by atoms with Crippen LogP contribution in [0.3, 0.4) is 0 Å². The van der Waals surface area contributed by atoms with Crippen molar-refractivity contribution >= 4 is 40.1 Å². The minimum absolute atomic E-state index is 0.223. The van der Waals surface area contributed by atoms with Gasteiger partial charge in [-0.25, -0.2) is 9.78 Å². The van der Waals surface area contributed by atoms with Crippen molar-refractivity contribution < 1.29 is 19.1 Å². The van der Waals surface area contributed by atoms with Gasteiger partial charge in [-0.2, -0.15) is 0 Å².